The molecule has 1 amide bonds. The standard InChI is InChI=1S/C19H17N3O4/c23-18(24)16-8-6-14(7-9-16)11-22-12-17(10-20-22)21-19(25)26-13-15-4-2-1-3-5-15/h1-10,12H,11,13H2,(H,21,25)(H,23,24). The van der Waals surface area contributed by atoms with Crippen LogP contribution < -0.4 is 5.32 Å². The van der Waals surface area contributed by atoms with E-state index in [-0.39, 0.29) is 12.2 Å². The zero-order valence-corrected chi connectivity index (χ0v) is 13.8. The van der Waals surface area contributed by atoms with E-state index in [4.69, 9.17) is 9.84 Å². The van der Waals surface area contributed by atoms with Gasteiger partial charge in [0.15, 0.2) is 0 Å². The summed E-state index contributed by atoms with van der Waals surface area (Å²) in [6.07, 6.45) is 2.64. The van der Waals surface area contributed by atoms with E-state index in [1.54, 1.807) is 35.1 Å². The molecule has 0 atom stereocenters. The van der Waals surface area contributed by atoms with Crippen LogP contribution in [-0.4, -0.2) is 26.9 Å². The molecule has 0 unspecified atom stereocenters. The number of carbonyl (C=O) groups excluding carboxylic acids is 1. The maximum atomic E-state index is 11.8. The number of aromatic carboxylic acids is 1. The Kier molecular flexibility index (Phi) is 5.28. The fraction of sp³-hybridized carbons (Fsp3) is 0.105. The summed E-state index contributed by atoms with van der Waals surface area (Å²) in [5.41, 5.74) is 2.56. The Bertz CT molecular complexity index is 889. The van der Waals surface area contributed by atoms with Crippen LogP contribution in [0.1, 0.15) is 21.5 Å². The van der Waals surface area contributed by atoms with Crippen molar-refractivity contribution in [2.24, 2.45) is 0 Å². The molecule has 0 spiro atoms. The highest BCUT2D eigenvalue weighted by Crippen LogP contribution is 2.10. The number of nitrogens with zero attached hydrogens (tertiary/aromatic N) is 2. The van der Waals surface area contributed by atoms with Crippen LogP contribution in [0.25, 0.3) is 0 Å². The second-order valence-corrected chi connectivity index (χ2v) is 5.62. The van der Waals surface area contributed by atoms with Gasteiger partial charge in [-0.15, -0.1) is 0 Å². The van der Waals surface area contributed by atoms with Gasteiger partial charge in [-0.25, -0.2) is 9.59 Å². The van der Waals surface area contributed by atoms with E-state index in [0.717, 1.165) is 11.1 Å². The second kappa shape index (κ2) is 7.98. The fourth-order valence-electron chi connectivity index (χ4n) is 2.33. The molecular weight excluding hydrogens is 334 g/mol. The molecule has 132 valence electrons. The van der Waals surface area contributed by atoms with Crippen molar-refractivity contribution in [3.8, 4) is 0 Å². The summed E-state index contributed by atoms with van der Waals surface area (Å²) >= 11 is 0. The maximum Gasteiger partial charge on any atom is 0.412 e. The molecule has 0 saturated heterocycles. The monoisotopic (exact) mass is 351 g/mol. The Hall–Kier alpha value is -3.61. The van der Waals surface area contributed by atoms with E-state index in [1.165, 1.54) is 6.20 Å². The molecule has 0 bridgehead atoms. The lowest BCUT2D eigenvalue weighted by Crippen LogP contribution is -2.13. The Morgan fingerprint density at radius 1 is 1.04 bits per heavy atom. The van der Waals surface area contributed by atoms with E-state index in [2.05, 4.69) is 10.4 Å². The normalized spacial score (nSPS) is 10.3. The molecule has 0 aliphatic carbocycles. The average Bonchev–Trinajstić information content (AvgIpc) is 3.08. The average molecular weight is 351 g/mol. The van der Waals surface area contributed by atoms with Crippen LogP contribution in [0.3, 0.4) is 0 Å². The molecule has 0 radical (unpaired) electrons. The van der Waals surface area contributed by atoms with Crippen LogP contribution in [0.5, 0.6) is 0 Å². The van der Waals surface area contributed by atoms with E-state index < -0.39 is 12.1 Å². The van der Waals surface area contributed by atoms with Crippen LogP contribution in [0, 0.1) is 0 Å². The molecule has 0 saturated carbocycles. The number of hydrogen-bond acceptors (Lipinski definition) is 4. The first-order chi connectivity index (χ1) is 12.6. The van der Waals surface area contributed by atoms with Crippen molar-refractivity contribution in [1.29, 1.82) is 0 Å². The van der Waals surface area contributed by atoms with Crippen molar-refractivity contribution in [1.82, 2.24) is 9.78 Å². The van der Waals surface area contributed by atoms with Crippen molar-refractivity contribution in [3.05, 3.63) is 83.7 Å². The number of nitrogens with one attached hydrogen (secondary N) is 1. The summed E-state index contributed by atoms with van der Waals surface area (Å²) in [5, 5.41) is 15.7. The number of aromatic nitrogens is 2. The highest BCUT2D eigenvalue weighted by Gasteiger charge is 2.07. The number of benzene rings is 2. The maximum absolute atomic E-state index is 11.8. The molecule has 3 rings (SSSR count). The van der Waals surface area contributed by atoms with Gasteiger partial charge in [0.1, 0.15) is 6.61 Å². The molecule has 1 heterocycles. The van der Waals surface area contributed by atoms with Crippen molar-refractivity contribution >= 4 is 17.7 Å². The number of hydrogen-bond donors (Lipinski definition) is 2. The molecule has 2 N–H and O–H groups in total. The Morgan fingerprint density at radius 2 is 1.77 bits per heavy atom. The highest BCUT2D eigenvalue weighted by molar-refractivity contribution is 5.87. The highest BCUT2D eigenvalue weighted by atomic mass is 16.5. The summed E-state index contributed by atoms with van der Waals surface area (Å²) in [6.45, 7) is 0.650. The predicted molar refractivity (Wildman–Crippen MR) is 95.0 cm³/mol. The van der Waals surface area contributed by atoms with E-state index in [0.29, 0.717) is 12.2 Å². The zero-order chi connectivity index (χ0) is 18.4. The second-order valence-electron chi connectivity index (χ2n) is 5.62. The summed E-state index contributed by atoms with van der Waals surface area (Å²) in [7, 11) is 0. The van der Waals surface area contributed by atoms with Crippen LogP contribution in [0.2, 0.25) is 0 Å². The number of rotatable bonds is 6. The lowest BCUT2D eigenvalue weighted by Gasteiger charge is -2.05. The molecule has 7 nitrogen and oxygen atoms in total. The number of carboxylic acid groups (broad SMARTS) is 1. The van der Waals surface area contributed by atoms with Gasteiger partial charge in [-0.05, 0) is 23.3 Å². The van der Waals surface area contributed by atoms with Gasteiger partial charge in [0.05, 0.1) is 24.0 Å². The fourth-order valence-corrected chi connectivity index (χ4v) is 2.33. The molecular formula is C19H17N3O4. The lowest BCUT2D eigenvalue weighted by molar-refractivity contribution is 0.0697. The van der Waals surface area contributed by atoms with E-state index in [9.17, 15) is 9.59 Å². The molecule has 1 aromatic heterocycles. The van der Waals surface area contributed by atoms with Crippen LogP contribution in [0.15, 0.2) is 67.0 Å². The third kappa shape index (κ3) is 4.70. The van der Waals surface area contributed by atoms with Gasteiger partial charge < -0.3 is 9.84 Å². The number of anilines is 1. The third-order valence-corrected chi connectivity index (χ3v) is 3.64. The van der Waals surface area contributed by atoms with Crippen LogP contribution >= 0.6 is 0 Å². The SMILES string of the molecule is O=C(Nc1cnn(Cc2ccc(C(=O)O)cc2)c1)OCc1ccccc1. The minimum atomic E-state index is -0.962. The van der Waals surface area contributed by atoms with Gasteiger partial charge in [-0.2, -0.15) is 5.10 Å². The van der Waals surface area contributed by atoms with Gasteiger partial charge in [0.2, 0.25) is 0 Å². The van der Waals surface area contributed by atoms with Crippen molar-refractivity contribution in [3.63, 3.8) is 0 Å². The van der Waals surface area contributed by atoms with Gasteiger partial charge in [0, 0.05) is 6.20 Å². The van der Waals surface area contributed by atoms with E-state index in [1.807, 2.05) is 30.3 Å². The smallest absolute Gasteiger partial charge is 0.412 e. The first kappa shape index (κ1) is 17.2. The molecule has 0 aliphatic rings. The van der Waals surface area contributed by atoms with Gasteiger partial charge in [-0.3, -0.25) is 10.00 Å². The molecule has 7 heteroatoms. The van der Waals surface area contributed by atoms with Crippen LogP contribution in [-0.2, 0) is 17.9 Å². The molecule has 0 aliphatic heterocycles. The molecule has 3 aromatic rings. The van der Waals surface area contributed by atoms with Gasteiger partial charge >= 0.3 is 12.1 Å². The largest absolute Gasteiger partial charge is 0.478 e. The quantitative estimate of drug-likeness (QED) is 0.710. The number of ether oxygens (including phenoxy) is 1. The van der Waals surface area contributed by atoms with Crippen molar-refractivity contribution in [2.75, 3.05) is 5.32 Å². The van der Waals surface area contributed by atoms with Gasteiger partial charge in [0.25, 0.3) is 0 Å². The van der Waals surface area contributed by atoms with Gasteiger partial charge in [-0.1, -0.05) is 42.5 Å². The minimum absolute atomic E-state index is 0.191. The third-order valence-electron chi connectivity index (χ3n) is 3.64. The van der Waals surface area contributed by atoms with Crippen molar-refractivity contribution < 1.29 is 19.4 Å². The summed E-state index contributed by atoms with van der Waals surface area (Å²) in [6, 6.07) is 15.9. The van der Waals surface area contributed by atoms with Crippen LogP contribution in [0.4, 0.5) is 10.5 Å². The Balaban J connectivity index is 1.52. The van der Waals surface area contributed by atoms with E-state index >= 15 is 0 Å². The lowest BCUT2D eigenvalue weighted by atomic mass is 10.1. The summed E-state index contributed by atoms with van der Waals surface area (Å²) in [5.74, 6) is -0.962. The number of carboxylic acids is 1. The van der Waals surface area contributed by atoms with Crippen molar-refractivity contribution in [2.45, 2.75) is 13.2 Å². The Morgan fingerprint density at radius 3 is 2.46 bits per heavy atom. The minimum Gasteiger partial charge on any atom is -0.478 e. The number of amides is 1. The Labute approximate surface area is 149 Å². The topological polar surface area (TPSA) is 93.5 Å². The summed E-state index contributed by atoms with van der Waals surface area (Å²) in [4.78, 5) is 22.7. The molecule has 0 fully saturated rings. The number of carbonyl (C=O) groups is 2. The first-order valence-corrected chi connectivity index (χ1v) is 7.92. The molecule has 2 aromatic carbocycles. The molecule has 26 heavy (non-hydrogen) atoms. The predicted octanol–water partition coefficient (Wildman–Crippen LogP) is 3.38. The first-order valence-electron chi connectivity index (χ1n) is 7.92. The zero-order valence-electron chi connectivity index (χ0n) is 13.8. The summed E-state index contributed by atoms with van der Waals surface area (Å²) < 4.78 is 6.79.